The van der Waals surface area contributed by atoms with E-state index < -0.39 is 5.60 Å². The van der Waals surface area contributed by atoms with Crippen molar-refractivity contribution in [1.29, 1.82) is 0 Å². The largest absolute Gasteiger partial charge is 0.458 e. The highest BCUT2D eigenvalue weighted by Crippen LogP contribution is 2.49. The molecule has 8 atom stereocenters. The Bertz CT molecular complexity index is 1200. The number of nitrogens with zero attached hydrogens (tertiary/aromatic N) is 4. The van der Waals surface area contributed by atoms with Crippen molar-refractivity contribution in [1.82, 2.24) is 14.5 Å². The molecule has 2 saturated carbocycles. The first-order valence-corrected chi connectivity index (χ1v) is 16.5. The zero-order valence-corrected chi connectivity index (χ0v) is 25.2. The Labute approximate surface area is 240 Å². The van der Waals surface area contributed by atoms with E-state index in [0.29, 0.717) is 18.1 Å². The molecule has 0 amide bonds. The zero-order chi connectivity index (χ0) is 27.6. The molecule has 1 aromatic carbocycles. The first-order valence-electron chi connectivity index (χ1n) is 16.5. The van der Waals surface area contributed by atoms with Crippen LogP contribution in [0.2, 0.25) is 0 Å². The van der Waals surface area contributed by atoms with Crippen LogP contribution in [0, 0.1) is 17.8 Å². The van der Waals surface area contributed by atoms with Gasteiger partial charge in [-0.3, -0.25) is 4.90 Å². The van der Waals surface area contributed by atoms with Crippen LogP contribution in [-0.2, 0) is 9.53 Å². The first kappa shape index (κ1) is 26.8. The molecule has 5 fully saturated rings. The van der Waals surface area contributed by atoms with E-state index in [2.05, 4.69) is 45.6 Å². The average molecular weight is 547 g/mol. The molecule has 0 spiro atoms. The van der Waals surface area contributed by atoms with Crippen molar-refractivity contribution in [3.8, 4) is 0 Å². The van der Waals surface area contributed by atoms with Crippen LogP contribution in [0.5, 0.6) is 0 Å². The van der Waals surface area contributed by atoms with Crippen molar-refractivity contribution in [2.75, 3.05) is 11.4 Å². The summed E-state index contributed by atoms with van der Waals surface area (Å²) in [6.45, 7) is 9.24. The van der Waals surface area contributed by atoms with Crippen molar-refractivity contribution in [2.45, 2.75) is 141 Å². The third kappa shape index (κ3) is 4.97. The van der Waals surface area contributed by atoms with Gasteiger partial charge in [0.1, 0.15) is 11.6 Å². The van der Waals surface area contributed by atoms with Gasteiger partial charge in [-0.15, -0.1) is 0 Å². The Morgan fingerprint density at radius 1 is 0.850 bits per heavy atom. The number of piperidine rings is 2. The van der Waals surface area contributed by atoms with Gasteiger partial charge < -0.3 is 14.2 Å². The molecule has 4 bridgehead atoms. The highest BCUT2D eigenvalue weighted by Gasteiger charge is 2.47. The van der Waals surface area contributed by atoms with Crippen LogP contribution in [-0.4, -0.2) is 56.7 Å². The van der Waals surface area contributed by atoms with Crippen LogP contribution < -0.4 is 4.90 Å². The Morgan fingerprint density at radius 3 is 2.25 bits per heavy atom. The predicted octanol–water partition coefficient (Wildman–Crippen LogP) is 7.12. The SMILES string of the molecule is C[C@@H]1C[C@@H]2C[C@H](C1)C[C@@H](N1[C@@H]3CCC[C@H]1C[C@@H](n1c(N4CCC[C@H]4C(=O)OC(C)(C)C)nc4ccccc41)C3)C2. The number of hydrogen-bond acceptors (Lipinski definition) is 5. The van der Waals surface area contributed by atoms with Gasteiger partial charge in [-0.25, -0.2) is 9.78 Å². The molecule has 0 unspecified atom stereocenters. The quantitative estimate of drug-likeness (QED) is 0.382. The van der Waals surface area contributed by atoms with Crippen LogP contribution in [0.4, 0.5) is 5.95 Å². The Hall–Kier alpha value is -2.08. The number of hydrogen-bond donors (Lipinski definition) is 0. The van der Waals surface area contributed by atoms with Gasteiger partial charge in [0.05, 0.1) is 11.0 Å². The normalized spacial score (nSPS) is 36.6. The fraction of sp³-hybridized carbons (Fsp3) is 0.765. The Balaban J connectivity index is 1.18. The second-order valence-electron chi connectivity index (χ2n) is 15.1. The third-order valence-corrected chi connectivity index (χ3v) is 10.9. The second kappa shape index (κ2) is 10.3. The van der Waals surface area contributed by atoms with E-state index in [0.717, 1.165) is 54.6 Å². The Kier molecular flexibility index (Phi) is 6.92. The summed E-state index contributed by atoms with van der Waals surface area (Å²) in [6, 6.07) is 11.0. The third-order valence-electron chi connectivity index (χ3n) is 10.9. The molecule has 6 nitrogen and oxygen atoms in total. The second-order valence-corrected chi connectivity index (χ2v) is 15.1. The monoisotopic (exact) mass is 546 g/mol. The van der Waals surface area contributed by atoms with Crippen molar-refractivity contribution in [3.63, 3.8) is 0 Å². The van der Waals surface area contributed by atoms with Gasteiger partial charge in [0.15, 0.2) is 0 Å². The summed E-state index contributed by atoms with van der Waals surface area (Å²) < 4.78 is 8.44. The fourth-order valence-corrected chi connectivity index (χ4v) is 9.80. The van der Waals surface area contributed by atoms with Gasteiger partial charge in [0, 0.05) is 30.7 Å². The maximum Gasteiger partial charge on any atom is 0.329 e. The number of fused-ring (bicyclic) bond motifs is 5. The fourth-order valence-electron chi connectivity index (χ4n) is 9.80. The molecule has 40 heavy (non-hydrogen) atoms. The number of rotatable bonds is 4. The summed E-state index contributed by atoms with van der Waals surface area (Å²) >= 11 is 0. The number of anilines is 1. The minimum absolute atomic E-state index is 0.104. The van der Waals surface area contributed by atoms with Crippen molar-refractivity contribution < 1.29 is 9.53 Å². The molecule has 5 aliphatic rings. The summed E-state index contributed by atoms with van der Waals surface area (Å²) in [4.78, 5) is 23.9. The van der Waals surface area contributed by atoms with Crippen molar-refractivity contribution in [2.24, 2.45) is 17.8 Å². The lowest BCUT2D eigenvalue weighted by Crippen LogP contribution is -2.58. The smallest absolute Gasteiger partial charge is 0.329 e. The number of aromatic nitrogens is 2. The number of esters is 1. The zero-order valence-electron chi connectivity index (χ0n) is 25.2. The molecule has 1 aromatic heterocycles. The van der Waals surface area contributed by atoms with Gasteiger partial charge in [-0.05, 0) is 121 Å². The lowest BCUT2D eigenvalue weighted by molar-refractivity contribution is -0.156. The number of para-hydroxylation sites is 2. The molecule has 4 heterocycles. The summed E-state index contributed by atoms with van der Waals surface area (Å²) in [7, 11) is 0. The van der Waals surface area contributed by atoms with E-state index in [1.54, 1.807) is 0 Å². The summed E-state index contributed by atoms with van der Waals surface area (Å²) in [6.07, 6.45) is 15.6. The van der Waals surface area contributed by atoms with Gasteiger partial charge in [0.2, 0.25) is 5.95 Å². The Morgan fingerprint density at radius 2 is 1.55 bits per heavy atom. The number of benzene rings is 1. The average Bonchev–Trinajstić information content (AvgIpc) is 3.51. The molecule has 3 aliphatic heterocycles. The van der Waals surface area contributed by atoms with Crippen LogP contribution in [0.15, 0.2) is 24.3 Å². The highest BCUT2D eigenvalue weighted by atomic mass is 16.6. The molecule has 2 aromatic rings. The molecule has 3 saturated heterocycles. The van der Waals surface area contributed by atoms with E-state index in [-0.39, 0.29) is 12.0 Å². The highest BCUT2D eigenvalue weighted by molar-refractivity contribution is 5.83. The molecule has 6 heteroatoms. The van der Waals surface area contributed by atoms with E-state index in [1.807, 2.05) is 20.8 Å². The number of ether oxygens (including phenoxy) is 1. The van der Waals surface area contributed by atoms with E-state index in [9.17, 15) is 4.79 Å². The molecule has 0 N–H and O–H groups in total. The van der Waals surface area contributed by atoms with Gasteiger partial charge in [-0.1, -0.05) is 25.5 Å². The molecule has 7 rings (SSSR count). The first-order chi connectivity index (χ1) is 19.2. The van der Waals surface area contributed by atoms with Gasteiger partial charge in [-0.2, -0.15) is 0 Å². The van der Waals surface area contributed by atoms with Crippen molar-refractivity contribution >= 4 is 23.0 Å². The van der Waals surface area contributed by atoms with E-state index in [4.69, 9.17) is 9.72 Å². The predicted molar refractivity (Wildman–Crippen MR) is 160 cm³/mol. The summed E-state index contributed by atoms with van der Waals surface area (Å²) in [5.41, 5.74) is 1.80. The van der Waals surface area contributed by atoms with Crippen LogP contribution in [0.1, 0.15) is 111 Å². The number of carbonyl (C=O) groups excluding carboxylic acids is 1. The minimum Gasteiger partial charge on any atom is -0.458 e. The molecular formula is C34H50N4O2. The van der Waals surface area contributed by atoms with Crippen molar-refractivity contribution in [3.05, 3.63) is 24.3 Å². The van der Waals surface area contributed by atoms with E-state index in [1.165, 1.54) is 69.7 Å². The topological polar surface area (TPSA) is 50.6 Å². The van der Waals surface area contributed by atoms with Crippen LogP contribution in [0.3, 0.4) is 0 Å². The van der Waals surface area contributed by atoms with E-state index >= 15 is 0 Å². The van der Waals surface area contributed by atoms with Gasteiger partial charge >= 0.3 is 5.97 Å². The molecule has 2 aliphatic carbocycles. The minimum atomic E-state index is -0.481. The maximum atomic E-state index is 13.3. The van der Waals surface area contributed by atoms with Crippen LogP contribution in [0.25, 0.3) is 11.0 Å². The summed E-state index contributed by atoms with van der Waals surface area (Å²) in [5, 5.41) is 0. The molecule has 218 valence electrons. The lowest BCUT2D eigenvalue weighted by atomic mass is 9.65. The summed E-state index contributed by atoms with van der Waals surface area (Å²) in [5.74, 6) is 3.72. The maximum absolute atomic E-state index is 13.3. The number of carbonyl (C=O) groups is 1. The van der Waals surface area contributed by atoms with Gasteiger partial charge in [0.25, 0.3) is 0 Å². The lowest BCUT2D eigenvalue weighted by Gasteiger charge is -2.56. The molecular weight excluding hydrogens is 496 g/mol. The molecule has 0 radical (unpaired) electrons. The standard InChI is InChI=1S/C34H50N4O2/c1-22-15-23-17-24(16-22)19-27(18-23)37-25-9-7-10-26(37)21-28(20-25)38-30-12-6-5-11-29(30)35-33(38)36-14-8-13-31(36)32(39)40-34(2,3)4/h5-6,11-12,22-28,31H,7-10,13-21H2,1-4H3/t22-,23-,24+,25-,26+,27+,28+,31-/m0/s1. The van der Waals surface area contributed by atoms with Crippen LogP contribution >= 0.6 is 0 Å². The number of imidazole rings is 1.